The molecule has 3 amide bonds. The first-order chi connectivity index (χ1) is 22.5. The highest BCUT2D eigenvalue weighted by atomic mass is 19.1. The van der Waals surface area contributed by atoms with E-state index >= 15 is 4.39 Å². The standard InChI is InChI=1S/C37H46FN5O4/c1-35(2,3)47-33(45)40-29-16-20-43(31(22-29)28-14-8-5-9-15-28)34(46)41-21-19-37(38,36(24-41)17-10-11-18-36)25-42-26-39-30(23-32(42)44)27-12-6-4-7-13-27/h4-9,12-15,23,26,29,31H,10-11,16-22,24-25H2,1-3H3,(H,40,45)/t29-,31+,37?/m1/s1. The van der Waals surface area contributed by atoms with Gasteiger partial charge in [-0.05, 0) is 52.0 Å². The largest absolute Gasteiger partial charge is 0.444 e. The van der Waals surface area contributed by atoms with Gasteiger partial charge in [-0.2, -0.15) is 0 Å². The Bertz CT molecular complexity index is 1620. The Balaban J connectivity index is 1.19. The van der Waals surface area contributed by atoms with Crippen LogP contribution in [0, 0.1) is 5.41 Å². The van der Waals surface area contributed by atoms with Crippen LogP contribution in [0.15, 0.2) is 77.9 Å². The van der Waals surface area contributed by atoms with E-state index in [9.17, 15) is 14.4 Å². The van der Waals surface area contributed by atoms with Crippen LogP contribution in [0.2, 0.25) is 0 Å². The van der Waals surface area contributed by atoms with Crippen LogP contribution in [0.5, 0.6) is 0 Å². The van der Waals surface area contributed by atoms with Crippen LogP contribution in [-0.4, -0.2) is 68.4 Å². The number of halogens is 1. The summed E-state index contributed by atoms with van der Waals surface area (Å²) >= 11 is 0. The van der Waals surface area contributed by atoms with Gasteiger partial charge in [0.25, 0.3) is 5.56 Å². The second-order valence-electron chi connectivity index (χ2n) is 14.5. The maximum atomic E-state index is 17.3. The molecule has 10 heteroatoms. The summed E-state index contributed by atoms with van der Waals surface area (Å²) in [5.74, 6) is 0. The number of hydrogen-bond acceptors (Lipinski definition) is 5. The van der Waals surface area contributed by atoms with Gasteiger partial charge in [0.15, 0.2) is 0 Å². The first kappa shape index (κ1) is 32.7. The van der Waals surface area contributed by atoms with Gasteiger partial charge in [0.1, 0.15) is 11.3 Å². The summed E-state index contributed by atoms with van der Waals surface area (Å²) < 4.78 is 24.2. The molecular weight excluding hydrogens is 597 g/mol. The molecule has 0 bridgehead atoms. The van der Waals surface area contributed by atoms with Gasteiger partial charge in [-0.3, -0.25) is 9.36 Å². The van der Waals surface area contributed by atoms with Crippen LogP contribution >= 0.6 is 0 Å². The quantitative estimate of drug-likeness (QED) is 0.333. The number of hydrogen-bond donors (Lipinski definition) is 1. The van der Waals surface area contributed by atoms with Crippen molar-refractivity contribution in [2.45, 2.75) is 95.6 Å². The van der Waals surface area contributed by atoms with E-state index < -0.39 is 22.8 Å². The second-order valence-corrected chi connectivity index (χ2v) is 14.5. The minimum absolute atomic E-state index is 0.0791. The van der Waals surface area contributed by atoms with Gasteiger partial charge in [-0.15, -0.1) is 0 Å². The maximum absolute atomic E-state index is 17.3. The highest BCUT2D eigenvalue weighted by molar-refractivity contribution is 5.76. The number of amides is 3. The number of carbonyl (C=O) groups is 2. The number of benzene rings is 2. The molecule has 3 fully saturated rings. The number of alkyl carbamates (subject to hydrolysis) is 1. The topological polar surface area (TPSA) is 96.8 Å². The van der Waals surface area contributed by atoms with E-state index in [2.05, 4.69) is 10.3 Å². The summed E-state index contributed by atoms with van der Waals surface area (Å²) in [7, 11) is 0. The Morgan fingerprint density at radius 2 is 1.68 bits per heavy atom. The van der Waals surface area contributed by atoms with Crippen molar-refractivity contribution in [3.8, 4) is 11.3 Å². The zero-order valence-electron chi connectivity index (χ0n) is 27.7. The lowest BCUT2D eigenvalue weighted by atomic mass is 9.67. The molecule has 1 aliphatic carbocycles. The number of ether oxygens (including phenoxy) is 1. The highest BCUT2D eigenvalue weighted by Crippen LogP contribution is 2.54. The smallest absolute Gasteiger partial charge is 0.407 e. The minimum Gasteiger partial charge on any atom is -0.444 e. The summed E-state index contributed by atoms with van der Waals surface area (Å²) in [4.78, 5) is 48.3. The van der Waals surface area contributed by atoms with Crippen LogP contribution in [0.3, 0.4) is 0 Å². The van der Waals surface area contributed by atoms with Crippen molar-refractivity contribution in [2.24, 2.45) is 5.41 Å². The Kier molecular flexibility index (Phi) is 9.14. The molecule has 1 spiro atoms. The summed E-state index contributed by atoms with van der Waals surface area (Å²) in [5, 5.41) is 3.01. The van der Waals surface area contributed by atoms with E-state index in [0.29, 0.717) is 44.5 Å². The average molecular weight is 644 g/mol. The van der Waals surface area contributed by atoms with Crippen LogP contribution in [-0.2, 0) is 11.3 Å². The Hall–Kier alpha value is -4.21. The molecule has 1 aromatic heterocycles. The summed E-state index contributed by atoms with van der Waals surface area (Å²) in [6.45, 7) is 6.45. The van der Waals surface area contributed by atoms with Crippen molar-refractivity contribution in [3.63, 3.8) is 0 Å². The van der Waals surface area contributed by atoms with E-state index in [0.717, 1.165) is 24.0 Å². The predicted molar refractivity (Wildman–Crippen MR) is 179 cm³/mol. The molecule has 2 aliphatic heterocycles. The highest BCUT2D eigenvalue weighted by Gasteiger charge is 2.57. The number of nitrogens with one attached hydrogen (secondary N) is 1. The van der Waals surface area contributed by atoms with Crippen LogP contribution in [0.4, 0.5) is 14.0 Å². The first-order valence-corrected chi connectivity index (χ1v) is 16.9. The molecule has 2 aromatic carbocycles. The Morgan fingerprint density at radius 3 is 2.34 bits per heavy atom. The van der Waals surface area contributed by atoms with Gasteiger partial charge < -0.3 is 19.9 Å². The molecule has 3 atom stereocenters. The number of alkyl halides is 1. The third-order valence-corrected chi connectivity index (χ3v) is 10.2. The van der Waals surface area contributed by atoms with Crippen molar-refractivity contribution < 1.29 is 18.7 Å². The lowest BCUT2D eigenvalue weighted by Gasteiger charge is -2.52. The lowest BCUT2D eigenvalue weighted by molar-refractivity contribution is -0.0800. The number of carbonyl (C=O) groups excluding carboxylic acids is 2. The molecule has 1 N–H and O–H groups in total. The fourth-order valence-corrected chi connectivity index (χ4v) is 7.79. The van der Waals surface area contributed by atoms with Crippen molar-refractivity contribution in [1.29, 1.82) is 0 Å². The van der Waals surface area contributed by atoms with E-state index in [1.54, 1.807) is 0 Å². The van der Waals surface area contributed by atoms with Gasteiger partial charge >= 0.3 is 12.1 Å². The molecule has 250 valence electrons. The van der Waals surface area contributed by atoms with Crippen molar-refractivity contribution in [2.75, 3.05) is 19.6 Å². The normalized spacial score (nSPS) is 24.3. The molecule has 0 radical (unpaired) electrons. The van der Waals surface area contributed by atoms with E-state index in [-0.39, 0.29) is 43.2 Å². The fraction of sp³-hybridized carbons (Fsp3) is 0.514. The minimum atomic E-state index is -1.65. The van der Waals surface area contributed by atoms with Crippen molar-refractivity contribution >= 4 is 12.1 Å². The van der Waals surface area contributed by atoms with E-state index in [4.69, 9.17) is 4.74 Å². The number of urea groups is 1. The zero-order chi connectivity index (χ0) is 33.2. The molecule has 9 nitrogen and oxygen atoms in total. The van der Waals surface area contributed by atoms with Crippen LogP contribution in [0.25, 0.3) is 11.3 Å². The summed E-state index contributed by atoms with van der Waals surface area (Å²) in [5.41, 5.74) is -0.879. The lowest BCUT2D eigenvalue weighted by Crippen LogP contribution is -2.62. The molecule has 1 unspecified atom stereocenters. The van der Waals surface area contributed by atoms with Crippen LogP contribution in [0.1, 0.15) is 77.3 Å². The molecular formula is C37H46FN5O4. The number of nitrogens with zero attached hydrogens (tertiary/aromatic N) is 4. The van der Waals surface area contributed by atoms with Gasteiger partial charge in [0.2, 0.25) is 0 Å². The molecule has 2 saturated heterocycles. The maximum Gasteiger partial charge on any atom is 0.407 e. The van der Waals surface area contributed by atoms with E-state index in [1.165, 1.54) is 17.0 Å². The number of likely N-dealkylation sites (tertiary alicyclic amines) is 2. The zero-order valence-corrected chi connectivity index (χ0v) is 27.7. The molecule has 47 heavy (non-hydrogen) atoms. The molecule has 6 rings (SSSR count). The summed E-state index contributed by atoms with van der Waals surface area (Å²) in [6.07, 6.45) is 5.42. The fourth-order valence-electron chi connectivity index (χ4n) is 7.79. The SMILES string of the molecule is CC(C)(C)OC(=O)N[C@@H]1CCN(C(=O)N2CCC(F)(Cn3cnc(-c4ccccc4)cc3=O)C3(CCCC3)C2)[C@H](c2ccccc2)C1. The summed E-state index contributed by atoms with van der Waals surface area (Å²) in [6, 6.07) is 20.3. The van der Waals surface area contributed by atoms with E-state index in [1.807, 2.05) is 91.2 Å². The third-order valence-electron chi connectivity index (χ3n) is 10.2. The van der Waals surface area contributed by atoms with Crippen molar-refractivity contribution in [1.82, 2.24) is 24.7 Å². The first-order valence-electron chi connectivity index (χ1n) is 16.9. The second kappa shape index (κ2) is 13.1. The van der Waals surface area contributed by atoms with Gasteiger partial charge in [0.05, 0.1) is 24.6 Å². The van der Waals surface area contributed by atoms with Crippen molar-refractivity contribution in [3.05, 3.63) is 89.0 Å². The monoisotopic (exact) mass is 643 g/mol. The number of rotatable bonds is 5. The van der Waals surface area contributed by atoms with Gasteiger partial charge in [-0.1, -0.05) is 73.5 Å². The predicted octanol–water partition coefficient (Wildman–Crippen LogP) is 6.74. The van der Waals surface area contributed by atoms with Gasteiger partial charge in [0, 0.05) is 49.1 Å². The van der Waals surface area contributed by atoms with Crippen LogP contribution < -0.4 is 10.9 Å². The molecule has 3 heterocycles. The number of aromatic nitrogens is 2. The Morgan fingerprint density at radius 1 is 1.00 bits per heavy atom. The number of piperidine rings is 2. The third kappa shape index (κ3) is 7.06. The van der Waals surface area contributed by atoms with Gasteiger partial charge in [-0.25, -0.2) is 19.0 Å². The molecule has 3 aliphatic rings. The average Bonchev–Trinajstić information content (AvgIpc) is 3.53. The molecule has 1 saturated carbocycles. The Labute approximate surface area is 276 Å². The molecule has 3 aromatic rings.